The molecule has 5 nitrogen and oxygen atoms in total. The van der Waals surface area contributed by atoms with Gasteiger partial charge in [0.1, 0.15) is 12.6 Å². The molecule has 0 radical (unpaired) electrons. The molecular weight excluding hydrogens is 289 g/mol. The number of benzene rings is 1. The van der Waals surface area contributed by atoms with Crippen molar-refractivity contribution in [3.05, 3.63) is 29.8 Å². The van der Waals surface area contributed by atoms with E-state index in [2.05, 4.69) is 0 Å². The van der Waals surface area contributed by atoms with Gasteiger partial charge in [0.25, 0.3) is 0 Å². The summed E-state index contributed by atoms with van der Waals surface area (Å²) in [7, 11) is 0. The zero-order valence-electron chi connectivity index (χ0n) is 10.9. The molecule has 0 bridgehead atoms. The summed E-state index contributed by atoms with van der Waals surface area (Å²) in [5.74, 6) is -1.98. The Balaban J connectivity index is 2.09. The van der Waals surface area contributed by atoms with Crippen LogP contribution < -0.4 is 10.2 Å². The van der Waals surface area contributed by atoms with Gasteiger partial charge in [0.05, 0.1) is 6.54 Å². The summed E-state index contributed by atoms with van der Waals surface area (Å²) in [5, 5.41) is 10.9. The van der Waals surface area contributed by atoms with Crippen LogP contribution in [0.5, 0.6) is 0 Å². The molecule has 1 unspecified atom stereocenters. The van der Waals surface area contributed by atoms with Gasteiger partial charge >= 0.3 is 12.1 Å². The minimum atomic E-state index is -4.50. The minimum Gasteiger partial charge on any atom is -0.480 e. The lowest BCUT2D eigenvalue weighted by Gasteiger charge is -2.24. The predicted molar refractivity (Wildman–Crippen MR) is 68.0 cm³/mol. The van der Waals surface area contributed by atoms with Crippen molar-refractivity contribution in [1.82, 2.24) is 5.32 Å². The standard InChI is InChI=1S/C13H13F3N2O3/c14-13(15,16)7-17-11(19)6-18-9-4-2-1-3-8(9)5-10(18)12(20)21/h1-4,10H,5-7H2,(H,17,19)(H,20,21). The Morgan fingerprint density at radius 1 is 1.33 bits per heavy atom. The third kappa shape index (κ3) is 3.65. The van der Waals surface area contributed by atoms with Gasteiger partial charge < -0.3 is 15.3 Å². The number of alkyl halides is 3. The van der Waals surface area contributed by atoms with Gasteiger partial charge in [-0.2, -0.15) is 13.2 Å². The molecular formula is C13H13F3N2O3. The molecule has 1 aromatic carbocycles. The first kappa shape index (κ1) is 15.1. The molecule has 0 saturated heterocycles. The molecule has 1 atom stereocenters. The fourth-order valence-corrected chi connectivity index (χ4v) is 2.28. The maximum atomic E-state index is 12.1. The second-order valence-corrected chi connectivity index (χ2v) is 4.71. The van der Waals surface area contributed by atoms with Gasteiger partial charge in [0.2, 0.25) is 5.91 Å². The van der Waals surface area contributed by atoms with E-state index in [-0.39, 0.29) is 6.42 Å². The van der Waals surface area contributed by atoms with Crippen LogP contribution in [0.15, 0.2) is 24.3 Å². The number of carbonyl (C=O) groups is 2. The molecule has 114 valence electrons. The Bertz CT molecular complexity index is 560. The highest BCUT2D eigenvalue weighted by Gasteiger charge is 2.35. The van der Waals surface area contributed by atoms with Crippen molar-refractivity contribution in [2.24, 2.45) is 0 Å². The Kier molecular flexibility index (Phi) is 4.06. The van der Waals surface area contributed by atoms with E-state index >= 15 is 0 Å². The van der Waals surface area contributed by atoms with Gasteiger partial charge in [0.15, 0.2) is 0 Å². The highest BCUT2D eigenvalue weighted by molar-refractivity contribution is 5.88. The molecule has 0 aliphatic carbocycles. The number of halogens is 3. The quantitative estimate of drug-likeness (QED) is 0.876. The summed E-state index contributed by atoms with van der Waals surface area (Å²) in [5.41, 5.74) is 1.32. The van der Waals surface area contributed by atoms with Crippen LogP contribution in [0.4, 0.5) is 18.9 Å². The highest BCUT2D eigenvalue weighted by atomic mass is 19.4. The van der Waals surface area contributed by atoms with Crippen molar-refractivity contribution in [3.8, 4) is 0 Å². The molecule has 2 rings (SSSR count). The van der Waals surface area contributed by atoms with E-state index in [0.717, 1.165) is 5.56 Å². The van der Waals surface area contributed by atoms with Crippen LogP contribution in [0.25, 0.3) is 0 Å². The van der Waals surface area contributed by atoms with Crippen LogP contribution in [0.3, 0.4) is 0 Å². The molecule has 21 heavy (non-hydrogen) atoms. The van der Waals surface area contributed by atoms with Crippen molar-refractivity contribution in [2.45, 2.75) is 18.6 Å². The van der Waals surface area contributed by atoms with Gasteiger partial charge in [-0.1, -0.05) is 18.2 Å². The number of para-hydroxylation sites is 1. The number of hydrogen-bond acceptors (Lipinski definition) is 3. The lowest BCUT2D eigenvalue weighted by molar-refractivity contribution is -0.139. The van der Waals surface area contributed by atoms with Crippen LogP contribution in [-0.2, 0) is 16.0 Å². The topological polar surface area (TPSA) is 69.6 Å². The van der Waals surface area contributed by atoms with E-state index in [1.807, 2.05) is 0 Å². The van der Waals surface area contributed by atoms with Gasteiger partial charge in [0, 0.05) is 12.1 Å². The number of carbonyl (C=O) groups excluding carboxylic acids is 1. The van der Waals surface area contributed by atoms with E-state index in [4.69, 9.17) is 0 Å². The average molecular weight is 302 g/mol. The molecule has 0 fully saturated rings. The predicted octanol–water partition coefficient (Wildman–Crippen LogP) is 1.18. The van der Waals surface area contributed by atoms with Gasteiger partial charge in [-0.05, 0) is 11.6 Å². The summed E-state index contributed by atoms with van der Waals surface area (Å²) < 4.78 is 36.2. The van der Waals surface area contributed by atoms with Crippen LogP contribution >= 0.6 is 0 Å². The van der Waals surface area contributed by atoms with Crippen molar-refractivity contribution < 1.29 is 27.9 Å². The number of amides is 1. The maximum Gasteiger partial charge on any atom is 0.405 e. The molecule has 8 heteroatoms. The fourth-order valence-electron chi connectivity index (χ4n) is 2.28. The normalized spacial score (nSPS) is 17.5. The van der Waals surface area contributed by atoms with E-state index in [0.29, 0.717) is 5.69 Å². The first-order chi connectivity index (χ1) is 9.78. The average Bonchev–Trinajstić information content (AvgIpc) is 2.75. The van der Waals surface area contributed by atoms with Gasteiger partial charge in [-0.15, -0.1) is 0 Å². The molecule has 1 heterocycles. The van der Waals surface area contributed by atoms with Gasteiger partial charge in [-0.3, -0.25) is 4.79 Å². The largest absolute Gasteiger partial charge is 0.480 e. The molecule has 1 aromatic rings. The number of anilines is 1. The molecule has 1 amide bonds. The number of rotatable bonds is 4. The Morgan fingerprint density at radius 2 is 2.00 bits per heavy atom. The number of carboxylic acids is 1. The monoisotopic (exact) mass is 302 g/mol. The molecule has 2 N–H and O–H groups in total. The summed E-state index contributed by atoms with van der Waals surface area (Å²) in [4.78, 5) is 24.1. The Labute approximate surface area is 118 Å². The van der Waals surface area contributed by atoms with E-state index < -0.39 is 37.2 Å². The lowest BCUT2D eigenvalue weighted by Crippen LogP contribution is -2.46. The van der Waals surface area contributed by atoms with Crippen LogP contribution in [-0.4, -0.2) is 42.3 Å². The number of aliphatic carboxylic acids is 1. The zero-order chi connectivity index (χ0) is 15.6. The summed E-state index contributed by atoms with van der Waals surface area (Å²) in [6.45, 7) is -1.86. The van der Waals surface area contributed by atoms with Crippen molar-refractivity contribution in [1.29, 1.82) is 0 Å². The number of nitrogens with one attached hydrogen (secondary N) is 1. The first-order valence-electron chi connectivity index (χ1n) is 6.19. The highest BCUT2D eigenvalue weighted by Crippen LogP contribution is 2.31. The summed E-state index contributed by atoms with van der Waals surface area (Å²) in [6, 6.07) is 5.86. The Morgan fingerprint density at radius 3 is 2.62 bits per heavy atom. The molecule has 0 aromatic heterocycles. The molecule has 0 spiro atoms. The number of nitrogens with zero attached hydrogens (tertiary/aromatic N) is 1. The van der Waals surface area contributed by atoms with E-state index in [1.165, 1.54) is 4.90 Å². The first-order valence-corrected chi connectivity index (χ1v) is 6.19. The lowest BCUT2D eigenvalue weighted by atomic mass is 10.1. The summed E-state index contributed by atoms with van der Waals surface area (Å²) in [6.07, 6.45) is -4.27. The SMILES string of the molecule is O=C(CN1c2ccccc2CC1C(=O)O)NCC(F)(F)F. The van der Waals surface area contributed by atoms with Crippen molar-refractivity contribution in [3.63, 3.8) is 0 Å². The van der Waals surface area contributed by atoms with Crippen molar-refractivity contribution in [2.75, 3.05) is 18.0 Å². The van der Waals surface area contributed by atoms with Crippen LogP contribution in [0.1, 0.15) is 5.56 Å². The van der Waals surface area contributed by atoms with Gasteiger partial charge in [-0.25, -0.2) is 4.79 Å². The fraction of sp³-hybridized carbons (Fsp3) is 0.385. The number of carboxylic acid groups (broad SMARTS) is 1. The number of fused-ring (bicyclic) bond motifs is 1. The zero-order valence-corrected chi connectivity index (χ0v) is 10.9. The second kappa shape index (κ2) is 5.63. The smallest absolute Gasteiger partial charge is 0.405 e. The molecule has 1 aliphatic heterocycles. The molecule has 1 aliphatic rings. The maximum absolute atomic E-state index is 12.1. The van der Waals surface area contributed by atoms with Crippen LogP contribution in [0.2, 0.25) is 0 Å². The van der Waals surface area contributed by atoms with Crippen LogP contribution in [0, 0.1) is 0 Å². The third-order valence-electron chi connectivity index (χ3n) is 3.18. The second-order valence-electron chi connectivity index (χ2n) is 4.71. The van der Waals surface area contributed by atoms with E-state index in [1.54, 1.807) is 29.6 Å². The Hall–Kier alpha value is -2.25. The van der Waals surface area contributed by atoms with E-state index in [9.17, 15) is 27.9 Å². The summed E-state index contributed by atoms with van der Waals surface area (Å²) >= 11 is 0. The number of hydrogen-bond donors (Lipinski definition) is 2. The van der Waals surface area contributed by atoms with Crippen molar-refractivity contribution >= 4 is 17.6 Å². The third-order valence-corrected chi connectivity index (χ3v) is 3.18. The minimum absolute atomic E-state index is 0.220. The molecule has 0 saturated carbocycles.